The number of hydrogen-bond donors (Lipinski definition) is 1. The van der Waals surface area contributed by atoms with Crippen LogP contribution in [0.1, 0.15) is 5.56 Å². The van der Waals surface area contributed by atoms with Crippen LogP contribution in [0.5, 0.6) is 0 Å². The molecule has 0 unspecified atom stereocenters. The van der Waals surface area contributed by atoms with Crippen molar-refractivity contribution in [3.8, 4) is 5.69 Å². The summed E-state index contributed by atoms with van der Waals surface area (Å²) in [5, 5.41) is 0. The van der Waals surface area contributed by atoms with E-state index in [0.717, 1.165) is 21.2 Å². The van der Waals surface area contributed by atoms with Crippen LogP contribution in [-0.4, -0.2) is 9.55 Å². The Morgan fingerprint density at radius 2 is 1.90 bits per heavy atom. The van der Waals surface area contributed by atoms with E-state index >= 15 is 0 Å². The van der Waals surface area contributed by atoms with Crippen molar-refractivity contribution in [2.45, 2.75) is 6.92 Å². The number of nitrogens with zero attached hydrogens (tertiary/aromatic N) is 1. The number of halogens is 3. The lowest BCUT2D eigenvalue weighted by atomic mass is 10.2. The van der Waals surface area contributed by atoms with E-state index in [1.807, 2.05) is 29.7 Å². The maximum atomic E-state index is 13.8. The predicted octanol–water partition coefficient (Wildman–Crippen LogP) is 5.66. The number of imidazole rings is 1. The van der Waals surface area contributed by atoms with Gasteiger partial charge in [0.1, 0.15) is 5.82 Å². The van der Waals surface area contributed by atoms with Crippen LogP contribution in [0.2, 0.25) is 0 Å². The highest BCUT2D eigenvalue weighted by atomic mass is 79.9. The Morgan fingerprint density at radius 3 is 2.60 bits per heavy atom. The number of aromatic amines is 1. The summed E-state index contributed by atoms with van der Waals surface area (Å²) in [5.41, 5.74) is 3.52. The fourth-order valence-electron chi connectivity index (χ4n) is 2.13. The SMILES string of the molecule is Cc1ccc(-n2c(=S)[nH]c3cc(Br)c(F)cc32)c(Br)c1. The highest BCUT2D eigenvalue weighted by Crippen LogP contribution is 2.29. The second-order valence-corrected chi connectivity index (χ2v) is 6.60. The molecule has 0 saturated carbocycles. The minimum atomic E-state index is -0.316. The number of H-pyrrole nitrogens is 1. The highest BCUT2D eigenvalue weighted by molar-refractivity contribution is 9.10. The highest BCUT2D eigenvalue weighted by Gasteiger charge is 2.12. The molecule has 0 fully saturated rings. The fourth-order valence-corrected chi connectivity index (χ4v) is 3.46. The average molecular weight is 416 g/mol. The van der Waals surface area contributed by atoms with Gasteiger partial charge in [-0.3, -0.25) is 4.57 Å². The third kappa shape index (κ3) is 2.25. The van der Waals surface area contributed by atoms with E-state index in [0.29, 0.717) is 14.8 Å². The molecule has 0 bridgehead atoms. The summed E-state index contributed by atoms with van der Waals surface area (Å²) in [6.07, 6.45) is 0. The number of hydrogen-bond acceptors (Lipinski definition) is 1. The molecular formula is C14H9Br2FN2S. The number of aromatic nitrogens is 2. The van der Waals surface area contributed by atoms with E-state index in [1.54, 1.807) is 6.07 Å². The van der Waals surface area contributed by atoms with E-state index < -0.39 is 0 Å². The van der Waals surface area contributed by atoms with Gasteiger partial charge in [-0.15, -0.1) is 0 Å². The molecule has 1 N–H and O–H groups in total. The van der Waals surface area contributed by atoms with E-state index in [1.165, 1.54) is 6.07 Å². The minimum Gasteiger partial charge on any atom is -0.330 e. The van der Waals surface area contributed by atoms with Crippen LogP contribution in [0, 0.1) is 17.5 Å². The van der Waals surface area contributed by atoms with Crippen LogP contribution in [0.4, 0.5) is 4.39 Å². The van der Waals surface area contributed by atoms with E-state index in [2.05, 4.69) is 36.8 Å². The standard InChI is InChI=1S/C14H9Br2FN2S/c1-7-2-3-12(9(16)4-7)19-13-6-10(17)8(15)5-11(13)18-14(19)20/h2-6H,1H3,(H,18,20). The number of benzene rings is 2. The summed E-state index contributed by atoms with van der Waals surface area (Å²) in [5.74, 6) is -0.316. The van der Waals surface area contributed by atoms with Gasteiger partial charge < -0.3 is 4.98 Å². The maximum absolute atomic E-state index is 13.8. The van der Waals surface area contributed by atoms with Crippen LogP contribution in [-0.2, 0) is 0 Å². The van der Waals surface area contributed by atoms with Crippen LogP contribution >= 0.6 is 44.1 Å². The van der Waals surface area contributed by atoms with E-state index in [4.69, 9.17) is 12.2 Å². The van der Waals surface area contributed by atoms with Gasteiger partial charge in [0.05, 0.1) is 21.2 Å². The fraction of sp³-hybridized carbons (Fsp3) is 0.0714. The topological polar surface area (TPSA) is 20.7 Å². The Morgan fingerprint density at radius 1 is 1.15 bits per heavy atom. The zero-order chi connectivity index (χ0) is 14.4. The van der Waals surface area contributed by atoms with Crippen molar-refractivity contribution in [2.75, 3.05) is 0 Å². The molecule has 3 rings (SSSR count). The van der Waals surface area contributed by atoms with E-state index in [9.17, 15) is 4.39 Å². The van der Waals surface area contributed by atoms with Crippen LogP contribution in [0.3, 0.4) is 0 Å². The summed E-state index contributed by atoms with van der Waals surface area (Å²) in [7, 11) is 0. The largest absolute Gasteiger partial charge is 0.330 e. The molecule has 0 atom stereocenters. The zero-order valence-electron chi connectivity index (χ0n) is 10.4. The Balaban J connectivity index is 2.39. The number of rotatable bonds is 1. The van der Waals surface area contributed by atoms with Crippen molar-refractivity contribution in [2.24, 2.45) is 0 Å². The molecule has 102 valence electrons. The second kappa shape index (κ2) is 5.09. The Bertz CT molecular complexity index is 883. The molecule has 2 nitrogen and oxygen atoms in total. The lowest BCUT2D eigenvalue weighted by Crippen LogP contribution is -1.96. The third-order valence-electron chi connectivity index (χ3n) is 3.07. The third-order valence-corrected chi connectivity index (χ3v) is 4.60. The first kappa shape index (κ1) is 14.0. The van der Waals surface area contributed by atoms with Gasteiger partial charge in [0, 0.05) is 10.5 Å². The first-order chi connectivity index (χ1) is 9.47. The smallest absolute Gasteiger partial charge is 0.182 e. The molecule has 0 spiro atoms. The van der Waals surface area contributed by atoms with Crippen LogP contribution in [0.15, 0.2) is 39.3 Å². The summed E-state index contributed by atoms with van der Waals surface area (Å²) in [4.78, 5) is 3.10. The van der Waals surface area contributed by atoms with Gasteiger partial charge >= 0.3 is 0 Å². The Labute approximate surface area is 136 Å². The molecule has 3 aromatic rings. The molecule has 0 amide bonds. The lowest BCUT2D eigenvalue weighted by Gasteiger charge is -2.08. The summed E-state index contributed by atoms with van der Waals surface area (Å²) < 4.78 is 17.5. The molecule has 0 radical (unpaired) electrons. The monoisotopic (exact) mass is 414 g/mol. The number of aryl methyl sites for hydroxylation is 1. The van der Waals surface area contributed by atoms with Gasteiger partial charge in [0.2, 0.25) is 0 Å². The zero-order valence-corrected chi connectivity index (χ0v) is 14.4. The minimum absolute atomic E-state index is 0.316. The van der Waals surface area contributed by atoms with Crippen molar-refractivity contribution in [3.05, 3.63) is 55.4 Å². The maximum Gasteiger partial charge on any atom is 0.182 e. The van der Waals surface area contributed by atoms with Gasteiger partial charge in [-0.2, -0.15) is 0 Å². The van der Waals surface area contributed by atoms with Gasteiger partial charge in [-0.05, 0) is 74.8 Å². The van der Waals surface area contributed by atoms with Gasteiger partial charge in [0.25, 0.3) is 0 Å². The molecule has 0 aliphatic carbocycles. The normalized spacial score (nSPS) is 11.2. The van der Waals surface area contributed by atoms with Gasteiger partial charge in [-0.25, -0.2) is 4.39 Å². The molecule has 20 heavy (non-hydrogen) atoms. The molecule has 0 aliphatic rings. The molecule has 0 saturated heterocycles. The summed E-state index contributed by atoms with van der Waals surface area (Å²) >= 11 is 12.1. The van der Waals surface area contributed by atoms with Crippen molar-refractivity contribution in [3.63, 3.8) is 0 Å². The average Bonchev–Trinajstić information content (AvgIpc) is 2.66. The van der Waals surface area contributed by atoms with Crippen molar-refractivity contribution >= 4 is 55.1 Å². The second-order valence-electron chi connectivity index (χ2n) is 4.50. The summed E-state index contributed by atoms with van der Waals surface area (Å²) in [6, 6.07) is 9.13. The molecular weight excluding hydrogens is 407 g/mol. The Hall–Kier alpha value is -0.980. The molecule has 1 heterocycles. The predicted molar refractivity (Wildman–Crippen MR) is 88.6 cm³/mol. The quantitative estimate of drug-likeness (QED) is 0.508. The van der Waals surface area contributed by atoms with Crippen LogP contribution < -0.4 is 0 Å². The van der Waals surface area contributed by atoms with Crippen molar-refractivity contribution in [1.29, 1.82) is 0 Å². The summed E-state index contributed by atoms with van der Waals surface area (Å²) in [6.45, 7) is 2.01. The first-order valence-corrected chi connectivity index (χ1v) is 7.83. The molecule has 2 aromatic carbocycles. The molecule has 0 aliphatic heterocycles. The molecule has 1 aromatic heterocycles. The van der Waals surface area contributed by atoms with Gasteiger partial charge in [-0.1, -0.05) is 6.07 Å². The Kier molecular flexibility index (Phi) is 3.56. The lowest BCUT2D eigenvalue weighted by molar-refractivity contribution is 0.622. The van der Waals surface area contributed by atoms with E-state index in [-0.39, 0.29) is 5.82 Å². The number of fused-ring (bicyclic) bond motifs is 1. The number of nitrogens with one attached hydrogen (secondary N) is 1. The van der Waals surface area contributed by atoms with Crippen LogP contribution in [0.25, 0.3) is 16.7 Å². The van der Waals surface area contributed by atoms with Crippen molar-refractivity contribution < 1.29 is 4.39 Å². The molecule has 6 heteroatoms. The van der Waals surface area contributed by atoms with Crippen molar-refractivity contribution in [1.82, 2.24) is 9.55 Å². The first-order valence-electron chi connectivity index (χ1n) is 5.83. The van der Waals surface area contributed by atoms with Gasteiger partial charge in [0.15, 0.2) is 4.77 Å².